The van der Waals surface area contributed by atoms with Crippen molar-refractivity contribution in [3.05, 3.63) is 312 Å². The second-order valence-corrected chi connectivity index (χ2v) is 20.6. The Morgan fingerprint density at radius 2 is 0.813 bits per heavy atom. The third-order valence-electron chi connectivity index (χ3n) is 16.2. The van der Waals surface area contributed by atoms with Gasteiger partial charge in [-0.3, -0.25) is 0 Å². The molecule has 14 rings (SSSR count). The lowest BCUT2D eigenvalue weighted by Crippen LogP contribution is -2.28. The Hall–Kier alpha value is -9.37. The fraction of sp³-hybridized carbons (Fsp3) is 0.0548. The number of benzene rings is 11. The van der Waals surface area contributed by atoms with Gasteiger partial charge in [0.2, 0.25) is 0 Å². The number of para-hydroxylation sites is 1. The molecule has 2 heteroatoms. The lowest BCUT2D eigenvalue weighted by molar-refractivity contribution is 0.660. The Balaban J connectivity index is 0.988. The van der Waals surface area contributed by atoms with Crippen LogP contribution < -0.4 is 4.90 Å². The van der Waals surface area contributed by atoms with E-state index in [9.17, 15) is 0 Å². The molecule has 0 N–H and O–H groups in total. The zero-order chi connectivity index (χ0) is 50.1. The fourth-order valence-corrected chi connectivity index (χ4v) is 12.6. The second kappa shape index (κ2) is 17.7. The maximum absolute atomic E-state index is 5.50. The molecule has 0 unspecified atom stereocenters. The number of hydrogen-bond donors (Lipinski definition) is 0. The van der Waals surface area contributed by atoms with Crippen LogP contribution in [0.4, 0.5) is 17.1 Å². The Morgan fingerprint density at radius 1 is 0.320 bits per heavy atom. The van der Waals surface area contributed by atoms with E-state index in [0.29, 0.717) is 0 Å². The molecule has 0 amide bonds. The summed E-state index contributed by atoms with van der Waals surface area (Å²) in [5.74, 6) is 0. The lowest BCUT2D eigenvalue weighted by atomic mass is 9.67. The molecule has 0 bridgehead atoms. The number of aromatic nitrogens is 1. The van der Waals surface area contributed by atoms with Gasteiger partial charge in [0.25, 0.3) is 0 Å². The summed E-state index contributed by atoms with van der Waals surface area (Å²) < 4.78 is 0. The van der Waals surface area contributed by atoms with E-state index in [1.165, 1.54) is 77.9 Å². The maximum Gasteiger partial charge on any atom is 0.0788 e. The second-order valence-electron chi connectivity index (χ2n) is 20.6. The third kappa shape index (κ3) is 7.12. The molecule has 1 heterocycles. The quantitative estimate of drug-likeness (QED) is 0.143. The van der Waals surface area contributed by atoms with Crippen molar-refractivity contribution in [2.75, 3.05) is 4.90 Å². The van der Waals surface area contributed by atoms with Crippen molar-refractivity contribution < 1.29 is 0 Å². The van der Waals surface area contributed by atoms with Crippen LogP contribution in [0.15, 0.2) is 279 Å². The van der Waals surface area contributed by atoms with E-state index in [-0.39, 0.29) is 5.41 Å². The number of rotatable bonds is 9. The molecule has 354 valence electrons. The molecule has 2 aliphatic carbocycles. The highest BCUT2D eigenvalue weighted by Gasteiger charge is 2.48. The summed E-state index contributed by atoms with van der Waals surface area (Å²) in [5, 5.41) is 1.12. The Morgan fingerprint density at radius 3 is 1.49 bits per heavy atom. The smallest absolute Gasteiger partial charge is 0.0788 e. The molecular weight excluding hydrogens is 905 g/mol. The third-order valence-corrected chi connectivity index (χ3v) is 16.2. The predicted molar refractivity (Wildman–Crippen MR) is 313 cm³/mol. The van der Waals surface area contributed by atoms with Gasteiger partial charge in [-0.05, 0) is 132 Å². The number of pyridine rings is 1. The summed E-state index contributed by atoms with van der Waals surface area (Å²) in [6.07, 6.45) is 0. The molecular formula is C73H52N2. The summed E-state index contributed by atoms with van der Waals surface area (Å²) >= 11 is 0. The minimum absolute atomic E-state index is 0.0831. The molecule has 1 aromatic heterocycles. The number of nitrogens with zero attached hydrogens (tertiary/aromatic N) is 2. The summed E-state index contributed by atoms with van der Waals surface area (Å²) in [5.41, 5.74) is 25.3. The van der Waals surface area contributed by atoms with Crippen LogP contribution in [0.1, 0.15) is 47.2 Å². The summed E-state index contributed by atoms with van der Waals surface area (Å²) in [6.45, 7) is 4.71. The van der Waals surface area contributed by atoms with E-state index in [1.54, 1.807) is 0 Å². The summed E-state index contributed by atoms with van der Waals surface area (Å²) in [7, 11) is 0. The van der Waals surface area contributed by atoms with Crippen LogP contribution in [0, 0.1) is 0 Å². The van der Waals surface area contributed by atoms with E-state index >= 15 is 0 Å². The fourth-order valence-electron chi connectivity index (χ4n) is 12.6. The average molecular weight is 957 g/mol. The largest absolute Gasteiger partial charge is 0.310 e. The van der Waals surface area contributed by atoms with Gasteiger partial charge in [-0.2, -0.15) is 0 Å². The molecule has 0 spiro atoms. The van der Waals surface area contributed by atoms with Gasteiger partial charge in [0, 0.05) is 38.9 Å². The van der Waals surface area contributed by atoms with E-state index in [0.717, 1.165) is 50.3 Å². The molecule has 75 heavy (non-hydrogen) atoms. The number of anilines is 3. The van der Waals surface area contributed by atoms with E-state index < -0.39 is 5.41 Å². The first-order chi connectivity index (χ1) is 36.9. The lowest BCUT2D eigenvalue weighted by Gasteiger charge is -2.34. The first kappa shape index (κ1) is 44.3. The van der Waals surface area contributed by atoms with E-state index in [1.807, 2.05) is 0 Å². The molecule has 11 aromatic carbocycles. The molecule has 0 fully saturated rings. The van der Waals surface area contributed by atoms with E-state index in [4.69, 9.17) is 4.98 Å². The van der Waals surface area contributed by atoms with Crippen molar-refractivity contribution in [3.63, 3.8) is 0 Å². The molecule has 0 atom stereocenters. The van der Waals surface area contributed by atoms with E-state index in [2.05, 4.69) is 298 Å². The molecule has 2 nitrogen and oxygen atoms in total. The highest BCUT2D eigenvalue weighted by molar-refractivity contribution is 6.00. The minimum Gasteiger partial charge on any atom is -0.310 e. The van der Waals surface area contributed by atoms with Crippen molar-refractivity contribution in [1.29, 1.82) is 0 Å². The standard InChI is InChI=1S/C73H52N2/c1-72(2)64-30-17-16-29-60(64)61-44-38-53(47-66(61)72)51-36-42-59(43-37-51)75(58-40-34-50(35-41-58)49-20-7-3-8-21-49)69-33-19-31-65-70(69)62-45-39-55(48-67(62)73(65,56-25-11-5-12-26-56)57-27-13-6-14-28-57)71-63(52-22-9-4-10-23-52)46-54-24-15-18-32-68(54)74-71/h3-48H,1-2H3. The van der Waals surface area contributed by atoms with Crippen molar-refractivity contribution in [3.8, 4) is 66.9 Å². The van der Waals surface area contributed by atoms with Gasteiger partial charge < -0.3 is 4.90 Å². The topological polar surface area (TPSA) is 16.1 Å². The van der Waals surface area contributed by atoms with Crippen LogP contribution in [-0.4, -0.2) is 4.98 Å². The Kier molecular flexibility index (Phi) is 10.5. The molecule has 0 saturated heterocycles. The van der Waals surface area contributed by atoms with Crippen LogP contribution in [-0.2, 0) is 10.8 Å². The molecule has 2 aliphatic rings. The Bertz CT molecular complexity index is 4070. The first-order valence-electron chi connectivity index (χ1n) is 26.1. The molecule has 0 aliphatic heterocycles. The van der Waals surface area contributed by atoms with Gasteiger partial charge in [0.1, 0.15) is 0 Å². The predicted octanol–water partition coefficient (Wildman–Crippen LogP) is 19.0. The van der Waals surface area contributed by atoms with Crippen molar-refractivity contribution in [2.45, 2.75) is 24.7 Å². The van der Waals surface area contributed by atoms with Gasteiger partial charge in [0.15, 0.2) is 0 Å². The van der Waals surface area contributed by atoms with Crippen LogP contribution in [0.3, 0.4) is 0 Å². The van der Waals surface area contributed by atoms with Gasteiger partial charge in [-0.1, -0.05) is 238 Å². The minimum atomic E-state index is -0.670. The molecule has 0 saturated carbocycles. The normalized spacial score (nSPS) is 13.4. The molecule has 0 radical (unpaired) electrons. The monoisotopic (exact) mass is 956 g/mol. The van der Waals surface area contributed by atoms with Crippen molar-refractivity contribution in [2.24, 2.45) is 0 Å². The van der Waals surface area contributed by atoms with Crippen LogP contribution >= 0.6 is 0 Å². The zero-order valence-corrected chi connectivity index (χ0v) is 42.0. The summed E-state index contributed by atoms with van der Waals surface area (Å²) in [6, 6.07) is 103. The molecule has 12 aromatic rings. The zero-order valence-electron chi connectivity index (χ0n) is 42.0. The van der Waals surface area contributed by atoms with Gasteiger partial charge in [-0.15, -0.1) is 0 Å². The van der Waals surface area contributed by atoms with Crippen LogP contribution in [0.25, 0.3) is 77.8 Å². The highest BCUT2D eigenvalue weighted by atomic mass is 15.1. The van der Waals surface area contributed by atoms with Crippen molar-refractivity contribution >= 4 is 28.0 Å². The van der Waals surface area contributed by atoms with Crippen LogP contribution in [0.5, 0.6) is 0 Å². The number of fused-ring (bicyclic) bond motifs is 7. The van der Waals surface area contributed by atoms with Gasteiger partial charge in [-0.25, -0.2) is 4.98 Å². The highest BCUT2D eigenvalue weighted by Crippen LogP contribution is 2.60. The average Bonchev–Trinajstić information content (AvgIpc) is 4.05. The van der Waals surface area contributed by atoms with Gasteiger partial charge in [0.05, 0.1) is 22.3 Å². The maximum atomic E-state index is 5.50. The van der Waals surface area contributed by atoms with Crippen LogP contribution in [0.2, 0.25) is 0 Å². The summed E-state index contributed by atoms with van der Waals surface area (Å²) in [4.78, 5) is 7.97. The first-order valence-corrected chi connectivity index (χ1v) is 26.1. The Labute approximate surface area is 439 Å². The van der Waals surface area contributed by atoms with Gasteiger partial charge >= 0.3 is 0 Å². The van der Waals surface area contributed by atoms with Crippen molar-refractivity contribution in [1.82, 2.24) is 4.98 Å². The number of hydrogen-bond acceptors (Lipinski definition) is 2. The SMILES string of the molecule is CC1(C)c2ccccc2-c2ccc(-c3ccc(N(c4ccc(-c5ccccc5)cc4)c4cccc5c4-c4ccc(-c6nc7ccccc7cc6-c6ccccc6)cc4C5(c4ccccc4)c4ccccc4)cc3)cc21.